The Morgan fingerprint density at radius 3 is 1.83 bits per heavy atom. The van der Waals surface area contributed by atoms with E-state index in [2.05, 4.69) is 61.8 Å². The number of hydrogen-bond donors (Lipinski definition) is 0. The molecule has 0 spiro atoms. The van der Waals surface area contributed by atoms with Crippen molar-refractivity contribution < 1.29 is 0 Å². The van der Waals surface area contributed by atoms with Crippen LogP contribution in [-0.4, -0.2) is 37.1 Å². The number of anilines is 1. The van der Waals surface area contributed by atoms with Crippen LogP contribution in [-0.2, 0) is 0 Å². The summed E-state index contributed by atoms with van der Waals surface area (Å²) < 4.78 is 0. The summed E-state index contributed by atoms with van der Waals surface area (Å²) in [5.74, 6) is 0.622. The quantitative estimate of drug-likeness (QED) is 0.807. The summed E-state index contributed by atoms with van der Waals surface area (Å²) >= 11 is 0. The highest BCUT2D eigenvalue weighted by Crippen LogP contribution is 2.21. The zero-order valence-corrected chi connectivity index (χ0v) is 12.2. The molecule has 18 heavy (non-hydrogen) atoms. The highest BCUT2D eigenvalue weighted by molar-refractivity contribution is 5.48. The van der Waals surface area contributed by atoms with Crippen LogP contribution in [0.25, 0.3) is 0 Å². The van der Waals surface area contributed by atoms with E-state index in [1.54, 1.807) is 0 Å². The summed E-state index contributed by atoms with van der Waals surface area (Å²) in [6.45, 7) is 13.7. The molecule has 1 aliphatic rings. The van der Waals surface area contributed by atoms with E-state index in [0.717, 1.165) is 13.1 Å². The monoisotopic (exact) mass is 246 g/mol. The average Bonchev–Trinajstić information content (AvgIpc) is 2.39. The van der Waals surface area contributed by atoms with E-state index in [1.165, 1.54) is 24.3 Å². The molecule has 0 N–H and O–H groups in total. The highest BCUT2D eigenvalue weighted by Gasteiger charge is 2.18. The van der Waals surface area contributed by atoms with Gasteiger partial charge in [-0.15, -0.1) is 0 Å². The van der Waals surface area contributed by atoms with Gasteiger partial charge >= 0.3 is 0 Å². The molecule has 0 aliphatic carbocycles. The van der Waals surface area contributed by atoms with E-state index in [1.807, 2.05) is 0 Å². The van der Waals surface area contributed by atoms with Crippen LogP contribution >= 0.6 is 0 Å². The molecule has 1 saturated heterocycles. The van der Waals surface area contributed by atoms with Gasteiger partial charge in [-0.3, -0.25) is 4.90 Å². The minimum absolute atomic E-state index is 0.622. The van der Waals surface area contributed by atoms with Gasteiger partial charge in [-0.1, -0.05) is 26.0 Å². The third-order valence-electron chi connectivity index (χ3n) is 3.97. The molecule has 1 heterocycles. The minimum Gasteiger partial charge on any atom is -0.369 e. The Morgan fingerprint density at radius 2 is 1.39 bits per heavy atom. The van der Waals surface area contributed by atoms with Gasteiger partial charge in [0.25, 0.3) is 0 Å². The van der Waals surface area contributed by atoms with Crippen LogP contribution in [0, 0.1) is 0 Å². The molecule has 1 aromatic rings. The fourth-order valence-corrected chi connectivity index (χ4v) is 2.57. The Balaban J connectivity index is 1.97. The SMILES string of the molecule is CC(C)c1ccc(N2CCN(C(C)C)CC2)cc1. The average molecular weight is 246 g/mol. The van der Waals surface area contributed by atoms with E-state index in [4.69, 9.17) is 0 Å². The predicted octanol–water partition coefficient (Wildman–Crippen LogP) is 3.34. The van der Waals surface area contributed by atoms with E-state index in [0.29, 0.717) is 12.0 Å². The number of piperazine rings is 1. The van der Waals surface area contributed by atoms with Crippen LogP contribution in [0.3, 0.4) is 0 Å². The molecule has 1 aliphatic heterocycles. The van der Waals surface area contributed by atoms with E-state index < -0.39 is 0 Å². The first kappa shape index (κ1) is 13.4. The summed E-state index contributed by atoms with van der Waals surface area (Å²) in [5, 5.41) is 0. The normalized spacial score (nSPS) is 17.8. The topological polar surface area (TPSA) is 6.48 Å². The number of benzene rings is 1. The lowest BCUT2D eigenvalue weighted by atomic mass is 10.0. The Kier molecular flexibility index (Phi) is 4.28. The van der Waals surface area contributed by atoms with Gasteiger partial charge in [-0.25, -0.2) is 0 Å². The molecular formula is C16H26N2. The second-order valence-corrected chi connectivity index (χ2v) is 5.86. The van der Waals surface area contributed by atoms with Gasteiger partial charge < -0.3 is 4.90 Å². The van der Waals surface area contributed by atoms with Crippen molar-refractivity contribution in [2.45, 2.75) is 39.7 Å². The van der Waals surface area contributed by atoms with Crippen molar-refractivity contribution in [1.82, 2.24) is 4.90 Å². The number of nitrogens with zero attached hydrogens (tertiary/aromatic N) is 2. The molecule has 0 saturated carbocycles. The number of rotatable bonds is 3. The summed E-state index contributed by atoms with van der Waals surface area (Å²) in [6, 6.07) is 9.78. The Bertz CT molecular complexity index is 359. The zero-order chi connectivity index (χ0) is 13.1. The maximum atomic E-state index is 2.55. The molecule has 1 fully saturated rings. The Labute approximate surface area is 112 Å². The van der Waals surface area contributed by atoms with Crippen LogP contribution in [0.4, 0.5) is 5.69 Å². The molecule has 1 aromatic carbocycles. The lowest BCUT2D eigenvalue weighted by Gasteiger charge is -2.38. The van der Waals surface area contributed by atoms with Crippen molar-refractivity contribution >= 4 is 5.69 Å². The van der Waals surface area contributed by atoms with Gasteiger partial charge in [0.1, 0.15) is 0 Å². The lowest BCUT2D eigenvalue weighted by Crippen LogP contribution is -2.48. The molecular weight excluding hydrogens is 220 g/mol. The van der Waals surface area contributed by atoms with Gasteiger partial charge in [0, 0.05) is 37.9 Å². The van der Waals surface area contributed by atoms with Crippen molar-refractivity contribution in [3.05, 3.63) is 29.8 Å². The summed E-state index contributed by atoms with van der Waals surface area (Å²) in [5.41, 5.74) is 2.81. The third-order valence-corrected chi connectivity index (χ3v) is 3.97. The smallest absolute Gasteiger partial charge is 0.0367 e. The van der Waals surface area contributed by atoms with Crippen molar-refractivity contribution in [3.63, 3.8) is 0 Å². The van der Waals surface area contributed by atoms with Crippen molar-refractivity contribution in [2.75, 3.05) is 31.1 Å². The van der Waals surface area contributed by atoms with E-state index in [-0.39, 0.29) is 0 Å². The van der Waals surface area contributed by atoms with Crippen molar-refractivity contribution in [3.8, 4) is 0 Å². The Morgan fingerprint density at radius 1 is 0.833 bits per heavy atom. The molecule has 2 rings (SSSR count). The second kappa shape index (κ2) is 5.75. The fourth-order valence-electron chi connectivity index (χ4n) is 2.57. The first-order chi connectivity index (χ1) is 8.58. The van der Waals surface area contributed by atoms with Gasteiger partial charge in [0.05, 0.1) is 0 Å². The van der Waals surface area contributed by atoms with Crippen LogP contribution in [0.5, 0.6) is 0 Å². The van der Waals surface area contributed by atoms with Crippen LogP contribution in [0.15, 0.2) is 24.3 Å². The molecule has 0 amide bonds. The van der Waals surface area contributed by atoms with Crippen LogP contribution in [0.1, 0.15) is 39.2 Å². The molecule has 2 nitrogen and oxygen atoms in total. The maximum Gasteiger partial charge on any atom is 0.0367 e. The highest BCUT2D eigenvalue weighted by atomic mass is 15.3. The third kappa shape index (κ3) is 3.05. The van der Waals surface area contributed by atoms with Gasteiger partial charge in [0.2, 0.25) is 0 Å². The van der Waals surface area contributed by atoms with E-state index in [9.17, 15) is 0 Å². The van der Waals surface area contributed by atoms with Gasteiger partial charge in [0.15, 0.2) is 0 Å². The standard InChI is InChI=1S/C16H26N2/c1-13(2)15-5-7-16(8-6-15)18-11-9-17(10-12-18)14(3)4/h5-8,13-14H,9-12H2,1-4H3. The number of hydrogen-bond acceptors (Lipinski definition) is 2. The van der Waals surface area contributed by atoms with Gasteiger partial charge in [-0.05, 0) is 37.5 Å². The molecule has 100 valence electrons. The van der Waals surface area contributed by atoms with Crippen LogP contribution < -0.4 is 4.90 Å². The predicted molar refractivity (Wildman–Crippen MR) is 79.5 cm³/mol. The summed E-state index contributed by atoms with van der Waals surface area (Å²) in [4.78, 5) is 5.06. The van der Waals surface area contributed by atoms with Gasteiger partial charge in [-0.2, -0.15) is 0 Å². The van der Waals surface area contributed by atoms with Crippen molar-refractivity contribution in [1.29, 1.82) is 0 Å². The molecule has 2 heteroatoms. The fraction of sp³-hybridized carbons (Fsp3) is 0.625. The minimum atomic E-state index is 0.622. The Hall–Kier alpha value is -1.02. The molecule has 0 unspecified atom stereocenters. The molecule has 0 aromatic heterocycles. The molecule has 0 atom stereocenters. The largest absolute Gasteiger partial charge is 0.369 e. The second-order valence-electron chi connectivity index (χ2n) is 5.86. The summed E-state index contributed by atoms with van der Waals surface area (Å²) in [6.07, 6.45) is 0. The maximum absolute atomic E-state index is 2.55. The zero-order valence-electron chi connectivity index (χ0n) is 12.2. The lowest BCUT2D eigenvalue weighted by molar-refractivity contribution is 0.209. The summed E-state index contributed by atoms with van der Waals surface area (Å²) in [7, 11) is 0. The molecule has 0 bridgehead atoms. The first-order valence-corrected chi connectivity index (χ1v) is 7.17. The van der Waals surface area contributed by atoms with E-state index >= 15 is 0 Å². The van der Waals surface area contributed by atoms with Crippen molar-refractivity contribution in [2.24, 2.45) is 0 Å². The first-order valence-electron chi connectivity index (χ1n) is 7.17. The molecule has 0 radical (unpaired) electrons. The van der Waals surface area contributed by atoms with Crippen LogP contribution in [0.2, 0.25) is 0 Å².